The van der Waals surface area contributed by atoms with Gasteiger partial charge < -0.3 is 10.2 Å². The largest absolute Gasteiger partial charge is 0.313 e. The van der Waals surface area contributed by atoms with E-state index in [0.717, 1.165) is 31.5 Å². The highest BCUT2D eigenvalue weighted by Crippen LogP contribution is 2.18. The van der Waals surface area contributed by atoms with E-state index in [1.54, 1.807) is 18.2 Å². The summed E-state index contributed by atoms with van der Waals surface area (Å²) in [6, 6.07) is 7.26. The molecule has 2 N–H and O–H groups in total. The van der Waals surface area contributed by atoms with E-state index in [1.807, 2.05) is 27.1 Å². The van der Waals surface area contributed by atoms with E-state index in [9.17, 15) is 8.42 Å². The van der Waals surface area contributed by atoms with Crippen molar-refractivity contribution in [3.05, 3.63) is 29.8 Å². The van der Waals surface area contributed by atoms with E-state index in [2.05, 4.69) is 14.9 Å². The average Bonchev–Trinajstić information content (AvgIpc) is 2.46. The molecular formula is C15H25N3O2S. The lowest BCUT2D eigenvalue weighted by Gasteiger charge is -2.30. The number of nitrogens with one attached hydrogen (secondary N) is 2. The quantitative estimate of drug-likeness (QED) is 0.861. The Morgan fingerprint density at radius 2 is 2.14 bits per heavy atom. The molecule has 6 heteroatoms. The van der Waals surface area contributed by atoms with Crippen LogP contribution in [0.4, 0.5) is 0 Å². The second-order valence-electron chi connectivity index (χ2n) is 5.81. The van der Waals surface area contributed by atoms with Gasteiger partial charge in [-0.3, -0.25) is 0 Å². The van der Waals surface area contributed by atoms with Crippen LogP contribution in [-0.2, 0) is 10.0 Å². The number of rotatable bonds is 5. The first-order valence-electron chi connectivity index (χ1n) is 7.40. The Balaban J connectivity index is 2.15. The lowest BCUT2D eigenvalue weighted by molar-refractivity contribution is 0.242. The summed E-state index contributed by atoms with van der Waals surface area (Å²) in [6.45, 7) is 3.81. The van der Waals surface area contributed by atoms with Gasteiger partial charge in [-0.2, -0.15) is 0 Å². The third-order valence-corrected chi connectivity index (χ3v) is 5.57. The van der Waals surface area contributed by atoms with Crippen LogP contribution < -0.4 is 10.0 Å². The predicted octanol–water partition coefficient (Wildman–Crippen LogP) is 1.34. The molecule has 2 rings (SSSR count). The van der Waals surface area contributed by atoms with Crippen LogP contribution in [0.25, 0.3) is 0 Å². The van der Waals surface area contributed by atoms with Gasteiger partial charge in [0.25, 0.3) is 0 Å². The van der Waals surface area contributed by atoms with Crippen LogP contribution >= 0.6 is 0 Å². The highest BCUT2D eigenvalue weighted by Gasteiger charge is 2.24. The van der Waals surface area contributed by atoms with Gasteiger partial charge in [0.2, 0.25) is 10.0 Å². The van der Waals surface area contributed by atoms with Gasteiger partial charge in [0, 0.05) is 18.6 Å². The maximum absolute atomic E-state index is 12.5. The van der Waals surface area contributed by atoms with Crippen molar-refractivity contribution in [2.75, 3.05) is 27.2 Å². The van der Waals surface area contributed by atoms with Crippen molar-refractivity contribution in [1.29, 1.82) is 0 Å². The molecule has 5 nitrogen and oxygen atoms in total. The molecule has 1 aromatic rings. The molecule has 1 aliphatic rings. The number of likely N-dealkylation sites (N-methyl/N-ethyl adjacent to an activating group) is 1. The Kier molecular flexibility index (Phi) is 5.37. The minimum atomic E-state index is -3.45. The van der Waals surface area contributed by atoms with Crippen LogP contribution in [0.1, 0.15) is 31.4 Å². The highest BCUT2D eigenvalue weighted by atomic mass is 32.2. The molecule has 1 aliphatic heterocycles. The number of sulfonamides is 1. The molecule has 0 amide bonds. The van der Waals surface area contributed by atoms with Gasteiger partial charge in [-0.15, -0.1) is 0 Å². The smallest absolute Gasteiger partial charge is 0.240 e. The standard InChI is InChI=1S/C15H25N3O2S/c1-12(16-2)13-6-4-8-15(10-13)21(19,20)17-14-7-5-9-18(3)11-14/h4,6,8,10,12,14,16-17H,5,7,9,11H2,1-3H3. The highest BCUT2D eigenvalue weighted by molar-refractivity contribution is 7.89. The van der Waals surface area contributed by atoms with E-state index >= 15 is 0 Å². The maximum atomic E-state index is 12.5. The summed E-state index contributed by atoms with van der Waals surface area (Å²) < 4.78 is 27.9. The minimum Gasteiger partial charge on any atom is -0.313 e. The third-order valence-electron chi connectivity index (χ3n) is 4.05. The van der Waals surface area contributed by atoms with E-state index < -0.39 is 10.0 Å². The van der Waals surface area contributed by atoms with Crippen molar-refractivity contribution in [3.8, 4) is 0 Å². The normalized spacial score (nSPS) is 22.1. The lowest BCUT2D eigenvalue weighted by Crippen LogP contribution is -2.46. The molecule has 1 fully saturated rings. The molecule has 2 unspecified atom stereocenters. The monoisotopic (exact) mass is 311 g/mol. The SMILES string of the molecule is CNC(C)c1cccc(S(=O)(=O)NC2CCCN(C)C2)c1. The Morgan fingerprint density at radius 3 is 2.81 bits per heavy atom. The zero-order chi connectivity index (χ0) is 15.5. The second kappa shape index (κ2) is 6.87. The summed E-state index contributed by atoms with van der Waals surface area (Å²) in [6.07, 6.45) is 1.93. The summed E-state index contributed by atoms with van der Waals surface area (Å²) >= 11 is 0. The minimum absolute atomic E-state index is 0.000806. The Labute approximate surface area is 127 Å². The van der Waals surface area contributed by atoms with Crippen LogP contribution in [0.15, 0.2) is 29.2 Å². The second-order valence-corrected chi connectivity index (χ2v) is 7.52. The number of likely N-dealkylation sites (tertiary alicyclic amines) is 1. The molecule has 0 spiro atoms. The van der Waals surface area contributed by atoms with Crippen LogP contribution in [0.5, 0.6) is 0 Å². The van der Waals surface area contributed by atoms with E-state index in [-0.39, 0.29) is 12.1 Å². The zero-order valence-electron chi connectivity index (χ0n) is 13.0. The van der Waals surface area contributed by atoms with Gasteiger partial charge >= 0.3 is 0 Å². The predicted molar refractivity (Wildman–Crippen MR) is 84.8 cm³/mol. The molecule has 2 atom stereocenters. The summed E-state index contributed by atoms with van der Waals surface area (Å²) in [5, 5.41) is 3.13. The van der Waals surface area contributed by atoms with Gasteiger partial charge in [0.05, 0.1) is 4.90 Å². The fourth-order valence-electron chi connectivity index (χ4n) is 2.67. The van der Waals surface area contributed by atoms with Gasteiger partial charge in [-0.25, -0.2) is 13.1 Å². The molecule has 21 heavy (non-hydrogen) atoms. The van der Waals surface area contributed by atoms with Crippen molar-refractivity contribution < 1.29 is 8.42 Å². The number of hydrogen-bond acceptors (Lipinski definition) is 4. The molecule has 0 saturated carbocycles. The van der Waals surface area contributed by atoms with Gasteiger partial charge in [-0.05, 0) is 58.1 Å². The van der Waals surface area contributed by atoms with Gasteiger partial charge in [-0.1, -0.05) is 12.1 Å². The first kappa shape index (κ1) is 16.4. The molecule has 0 aliphatic carbocycles. The van der Waals surface area contributed by atoms with Crippen molar-refractivity contribution in [3.63, 3.8) is 0 Å². The number of hydrogen-bond donors (Lipinski definition) is 2. The Bertz CT molecular complexity index is 574. The number of nitrogens with zero attached hydrogens (tertiary/aromatic N) is 1. The van der Waals surface area contributed by atoms with Crippen LogP contribution in [0, 0.1) is 0 Å². The van der Waals surface area contributed by atoms with E-state index in [4.69, 9.17) is 0 Å². The summed E-state index contributed by atoms with van der Waals surface area (Å²) in [7, 11) is 0.435. The summed E-state index contributed by atoms with van der Waals surface area (Å²) in [5.74, 6) is 0. The fourth-order valence-corrected chi connectivity index (χ4v) is 3.98. The Morgan fingerprint density at radius 1 is 1.38 bits per heavy atom. The molecule has 0 radical (unpaired) electrons. The fraction of sp³-hybridized carbons (Fsp3) is 0.600. The molecule has 118 valence electrons. The van der Waals surface area contributed by atoms with Gasteiger partial charge in [0.15, 0.2) is 0 Å². The van der Waals surface area contributed by atoms with Crippen molar-refractivity contribution in [2.24, 2.45) is 0 Å². The van der Waals surface area contributed by atoms with Crippen molar-refractivity contribution >= 4 is 10.0 Å². The van der Waals surface area contributed by atoms with Crippen molar-refractivity contribution in [1.82, 2.24) is 14.9 Å². The summed E-state index contributed by atoms with van der Waals surface area (Å²) in [4.78, 5) is 2.51. The first-order chi connectivity index (χ1) is 9.92. The average molecular weight is 311 g/mol. The summed E-state index contributed by atoms with van der Waals surface area (Å²) in [5.41, 5.74) is 0.973. The third kappa shape index (κ3) is 4.26. The molecule has 1 saturated heterocycles. The molecule has 1 heterocycles. The van der Waals surface area contributed by atoms with Gasteiger partial charge in [0.1, 0.15) is 0 Å². The van der Waals surface area contributed by atoms with Crippen LogP contribution in [-0.4, -0.2) is 46.5 Å². The maximum Gasteiger partial charge on any atom is 0.240 e. The van der Waals surface area contributed by atoms with E-state index in [0.29, 0.717) is 4.90 Å². The first-order valence-corrected chi connectivity index (χ1v) is 8.89. The number of piperidine rings is 1. The number of benzene rings is 1. The molecule has 1 aromatic carbocycles. The van der Waals surface area contributed by atoms with Crippen molar-refractivity contribution in [2.45, 2.75) is 36.7 Å². The molecule has 0 aromatic heterocycles. The Hall–Kier alpha value is -0.950. The van der Waals surface area contributed by atoms with E-state index in [1.165, 1.54) is 0 Å². The van der Waals surface area contributed by atoms with Crippen LogP contribution in [0.3, 0.4) is 0 Å². The lowest BCUT2D eigenvalue weighted by atomic mass is 10.1. The topological polar surface area (TPSA) is 61.4 Å². The molecule has 0 bridgehead atoms. The zero-order valence-corrected chi connectivity index (χ0v) is 13.8. The van der Waals surface area contributed by atoms with Crippen LogP contribution in [0.2, 0.25) is 0 Å². The molecular weight excluding hydrogens is 286 g/mol.